The van der Waals surface area contributed by atoms with Gasteiger partial charge < -0.3 is 14.7 Å². The molecule has 0 radical (unpaired) electrons. The number of ether oxygens (including phenoxy) is 1. The minimum absolute atomic E-state index is 0.0597. The van der Waals surface area contributed by atoms with Crippen molar-refractivity contribution in [1.29, 1.82) is 0 Å². The Hall–Kier alpha value is -1.42. The van der Waals surface area contributed by atoms with Crippen molar-refractivity contribution in [1.82, 2.24) is 4.90 Å². The van der Waals surface area contributed by atoms with Crippen LogP contribution in [0, 0.1) is 11.8 Å². The minimum Gasteiger partial charge on any atom is -0.504 e. The van der Waals surface area contributed by atoms with Crippen LogP contribution >= 0.6 is 11.6 Å². The molecule has 4 nitrogen and oxygen atoms in total. The number of hydrogen-bond donors (Lipinski definition) is 1. The summed E-state index contributed by atoms with van der Waals surface area (Å²) in [6.07, 6.45) is 1.02. The molecule has 0 bridgehead atoms. The molecular weight excluding hydrogens is 278 g/mol. The fourth-order valence-corrected chi connectivity index (χ4v) is 2.91. The topological polar surface area (TPSA) is 49.8 Å². The first-order valence-electron chi connectivity index (χ1n) is 6.80. The first kappa shape index (κ1) is 15.0. The summed E-state index contributed by atoms with van der Waals surface area (Å²) in [5.74, 6) is 1.10. The van der Waals surface area contributed by atoms with Crippen molar-refractivity contribution < 1.29 is 14.6 Å². The third-order valence-electron chi connectivity index (χ3n) is 3.97. The maximum Gasteiger partial charge on any atom is 0.255 e. The minimum atomic E-state index is -0.101. The smallest absolute Gasteiger partial charge is 0.255 e. The van der Waals surface area contributed by atoms with E-state index in [0.717, 1.165) is 19.5 Å². The number of benzene rings is 1. The van der Waals surface area contributed by atoms with E-state index in [9.17, 15) is 9.90 Å². The third kappa shape index (κ3) is 2.70. The van der Waals surface area contributed by atoms with Gasteiger partial charge in [-0.2, -0.15) is 0 Å². The third-order valence-corrected chi connectivity index (χ3v) is 4.34. The Balaban J connectivity index is 2.23. The molecule has 1 heterocycles. The van der Waals surface area contributed by atoms with Crippen LogP contribution < -0.4 is 4.74 Å². The van der Waals surface area contributed by atoms with Crippen LogP contribution in [-0.4, -0.2) is 36.1 Å². The quantitative estimate of drug-likeness (QED) is 0.932. The zero-order valence-electron chi connectivity index (χ0n) is 12.0. The Labute approximate surface area is 124 Å². The summed E-state index contributed by atoms with van der Waals surface area (Å²) >= 11 is 6.15. The van der Waals surface area contributed by atoms with Crippen molar-refractivity contribution in [3.63, 3.8) is 0 Å². The van der Waals surface area contributed by atoms with Gasteiger partial charge in [-0.3, -0.25) is 4.79 Å². The van der Waals surface area contributed by atoms with Gasteiger partial charge in [0, 0.05) is 13.1 Å². The maximum absolute atomic E-state index is 12.5. The normalized spacial score (nSPS) is 18.6. The van der Waals surface area contributed by atoms with Crippen molar-refractivity contribution in [2.75, 3.05) is 20.2 Å². The molecule has 1 N–H and O–H groups in total. The summed E-state index contributed by atoms with van der Waals surface area (Å²) in [4.78, 5) is 14.3. The summed E-state index contributed by atoms with van der Waals surface area (Å²) < 4.78 is 5.04. The molecule has 2 rings (SSSR count). The Morgan fingerprint density at radius 1 is 1.50 bits per heavy atom. The lowest BCUT2D eigenvalue weighted by Crippen LogP contribution is -2.29. The second kappa shape index (κ2) is 5.92. The van der Waals surface area contributed by atoms with Crippen LogP contribution in [0.25, 0.3) is 0 Å². The molecule has 1 fully saturated rings. The summed E-state index contributed by atoms with van der Waals surface area (Å²) in [6.45, 7) is 5.86. The summed E-state index contributed by atoms with van der Waals surface area (Å²) in [6, 6.07) is 2.99. The van der Waals surface area contributed by atoms with E-state index in [1.807, 2.05) is 4.90 Å². The molecule has 1 aliphatic rings. The van der Waals surface area contributed by atoms with E-state index in [4.69, 9.17) is 16.3 Å². The lowest BCUT2D eigenvalue weighted by Gasteiger charge is -2.19. The number of likely N-dealkylation sites (tertiary alicyclic amines) is 1. The van der Waals surface area contributed by atoms with Gasteiger partial charge in [0.25, 0.3) is 5.91 Å². The number of aromatic hydroxyl groups is 1. The number of halogens is 1. The van der Waals surface area contributed by atoms with Gasteiger partial charge in [-0.1, -0.05) is 25.4 Å². The first-order chi connectivity index (χ1) is 9.45. The molecule has 1 unspecified atom stereocenters. The van der Waals surface area contributed by atoms with E-state index in [1.165, 1.54) is 13.2 Å². The van der Waals surface area contributed by atoms with Gasteiger partial charge in [-0.25, -0.2) is 0 Å². The van der Waals surface area contributed by atoms with Gasteiger partial charge in [0.15, 0.2) is 11.5 Å². The molecule has 1 amide bonds. The zero-order valence-corrected chi connectivity index (χ0v) is 12.8. The molecular formula is C15H20ClNO3. The van der Waals surface area contributed by atoms with E-state index in [-0.39, 0.29) is 22.4 Å². The molecule has 5 heteroatoms. The highest BCUT2D eigenvalue weighted by molar-refractivity contribution is 6.35. The Morgan fingerprint density at radius 2 is 2.20 bits per heavy atom. The molecule has 0 saturated carbocycles. The summed E-state index contributed by atoms with van der Waals surface area (Å²) in [7, 11) is 1.42. The molecule has 1 aliphatic heterocycles. The number of amides is 1. The SMILES string of the molecule is COc1c(O)ccc(C(=O)N2CCC(C(C)C)C2)c1Cl. The van der Waals surface area contributed by atoms with Crippen LogP contribution in [-0.2, 0) is 0 Å². The largest absolute Gasteiger partial charge is 0.504 e. The standard InChI is InChI=1S/C15H20ClNO3/c1-9(2)10-6-7-17(8-10)15(19)11-4-5-12(18)14(20-3)13(11)16/h4-5,9-10,18H,6-8H2,1-3H3. The molecule has 1 aromatic carbocycles. The first-order valence-corrected chi connectivity index (χ1v) is 7.18. The molecule has 0 aliphatic carbocycles. The van der Waals surface area contributed by atoms with E-state index < -0.39 is 0 Å². The molecule has 0 spiro atoms. The Bertz CT molecular complexity index is 516. The zero-order chi connectivity index (χ0) is 14.9. The van der Waals surface area contributed by atoms with Crippen LogP contribution in [0.15, 0.2) is 12.1 Å². The Morgan fingerprint density at radius 3 is 2.75 bits per heavy atom. The van der Waals surface area contributed by atoms with Gasteiger partial charge in [-0.15, -0.1) is 0 Å². The fourth-order valence-electron chi connectivity index (χ4n) is 2.59. The van der Waals surface area contributed by atoms with Crippen LogP contribution in [0.3, 0.4) is 0 Å². The second-order valence-corrected chi connectivity index (χ2v) is 5.90. The molecule has 1 aromatic rings. The highest BCUT2D eigenvalue weighted by Crippen LogP contribution is 2.37. The number of phenols is 1. The van der Waals surface area contributed by atoms with Crippen LogP contribution in [0.5, 0.6) is 11.5 Å². The van der Waals surface area contributed by atoms with Gasteiger partial charge in [0.05, 0.1) is 17.7 Å². The second-order valence-electron chi connectivity index (χ2n) is 5.52. The molecule has 0 aromatic heterocycles. The lowest BCUT2D eigenvalue weighted by molar-refractivity contribution is 0.0784. The molecule has 20 heavy (non-hydrogen) atoms. The van der Waals surface area contributed by atoms with Gasteiger partial charge in [0.1, 0.15) is 0 Å². The average Bonchev–Trinajstić information content (AvgIpc) is 2.88. The monoisotopic (exact) mass is 297 g/mol. The van der Waals surface area contributed by atoms with Crippen LogP contribution in [0.2, 0.25) is 5.02 Å². The maximum atomic E-state index is 12.5. The van der Waals surface area contributed by atoms with Crippen molar-refractivity contribution in [3.05, 3.63) is 22.7 Å². The molecule has 1 saturated heterocycles. The van der Waals surface area contributed by atoms with E-state index in [2.05, 4.69) is 13.8 Å². The number of carbonyl (C=O) groups excluding carboxylic acids is 1. The van der Waals surface area contributed by atoms with Crippen LogP contribution in [0.4, 0.5) is 0 Å². The molecule has 110 valence electrons. The lowest BCUT2D eigenvalue weighted by atomic mass is 9.95. The number of carbonyl (C=O) groups is 1. The fraction of sp³-hybridized carbons (Fsp3) is 0.533. The number of methoxy groups -OCH3 is 1. The van der Waals surface area contributed by atoms with E-state index in [0.29, 0.717) is 17.4 Å². The highest BCUT2D eigenvalue weighted by Gasteiger charge is 2.30. The molecule has 1 atom stereocenters. The van der Waals surface area contributed by atoms with E-state index >= 15 is 0 Å². The number of hydrogen-bond acceptors (Lipinski definition) is 3. The van der Waals surface area contributed by atoms with Crippen molar-refractivity contribution >= 4 is 17.5 Å². The summed E-state index contributed by atoms with van der Waals surface area (Å²) in [5.41, 5.74) is 0.380. The van der Waals surface area contributed by atoms with E-state index in [1.54, 1.807) is 6.07 Å². The van der Waals surface area contributed by atoms with Crippen molar-refractivity contribution in [3.8, 4) is 11.5 Å². The van der Waals surface area contributed by atoms with Crippen LogP contribution in [0.1, 0.15) is 30.6 Å². The number of nitrogens with zero attached hydrogens (tertiary/aromatic N) is 1. The average molecular weight is 298 g/mol. The van der Waals surface area contributed by atoms with Crippen molar-refractivity contribution in [2.24, 2.45) is 11.8 Å². The van der Waals surface area contributed by atoms with Gasteiger partial charge in [0.2, 0.25) is 0 Å². The van der Waals surface area contributed by atoms with Gasteiger partial charge >= 0.3 is 0 Å². The van der Waals surface area contributed by atoms with Crippen molar-refractivity contribution in [2.45, 2.75) is 20.3 Å². The summed E-state index contributed by atoms with van der Waals surface area (Å²) in [5, 5.41) is 9.82. The number of phenolic OH excluding ortho intramolecular Hbond substituents is 1. The highest BCUT2D eigenvalue weighted by atomic mass is 35.5. The predicted octanol–water partition coefficient (Wildman–Crippen LogP) is 3.17. The predicted molar refractivity (Wildman–Crippen MR) is 78.5 cm³/mol. The number of rotatable bonds is 3. The Kier molecular flexibility index (Phi) is 4.43. The van der Waals surface area contributed by atoms with Gasteiger partial charge in [-0.05, 0) is 30.4 Å².